The third kappa shape index (κ3) is 2.76. The van der Waals surface area contributed by atoms with Gasteiger partial charge in [0.2, 0.25) is 0 Å². The molecule has 2 aromatic heterocycles. The van der Waals surface area contributed by atoms with Crippen molar-refractivity contribution in [3.8, 4) is 0 Å². The average molecular weight is 214 g/mol. The normalized spacial score (nSPS) is 10.1. The molecule has 0 atom stereocenters. The second-order valence-electron chi connectivity index (χ2n) is 3.53. The molecule has 2 heterocycles. The Hall–Kier alpha value is -1.97. The van der Waals surface area contributed by atoms with E-state index in [0.29, 0.717) is 0 Å². The van der Waals surface area contributed by atoms with Crippen molar-refractivity contribution >= 4 is 5.82 Å². The summed E-state index contributed by atoms with van der Waals surface area (Å²) < 4.78 is 0. The zero-order valence-corrected chi connectivity index (χ0v) is 9.22. The molecule has 0 aliphatic carbocycles. The van der Waals surface area contributed by atoms with Crippen LogP contribution in [-0.4, -0.2) is 21.5 Å². The Balaban J connectivity index is 1.87. The van der Waals surface area contributed by atoms with Crippen LogP contribution < -0.4 is 5.32 Å². The van der Waals surface area contributed by atoms with E-state index in [-0.39, 0.29) is 0 Å². The minimum Gasteiger partial charge on any atom is -0.368 e. The maximum absolute atomic E-state index is 4.22. The summed E-state index contributed by atoms with van der Waals surface area (Å²) in [5.74, 6) is 0.853. The maximum Gasteiger partial charge on any atom is 0.147 e. The molecular formula is C12H14N4. The van der Waals surface area contributed by atoms with Crippen LogP contribution in [0.1, 0.15) is 11.3 Å². The fraction of sp³-hybridized carbons (Fsp3) is 0.250. The third-order valence-electron chi connectivity index (χ3n) is 2.31. The first-order valence-corrected chi connectivity index (χ1v) is 5.26. The summed E-state index contributed by atoms with van der Waals surface area (Å²) in [5.41, 5.74) is 2.14. The molecule has 2 aromatic rings. The van der Waals surface area contributed by atoms with Gasteiger partial charge in [-0.1, -0.05) is 6.07 Å². The van der Waals surface area contributed by atoms with E-state index < -0.39 is 0 Å². The summed E-state index contributed by atoms with van der Waals surface area (Å²) in [6.45, 7) is 2.78. The average Bonchev–Trinajstić information content (AvgIpc) is 2.33. The minimum atomic E-state index is 0.839. The van der Waals surface area contributed by atoms with Crippen molar-refractivity contribution in [2.75, 3.05) is 11.9 Å². The number of aromatic nitrogens is 3. The Bertz CT molecular complexity index is 442. The summed E-state index contributed by atoms with van der Waals surface area (Å²) in [7, 11) is 0. The predicted molar refractivity (Wildman–Crippen MR) is 63.2 cm³/mol. The van der Waals surface area contributed by atoms with Crippen LogP contribution in [-0.2, 0) is 6.42 Å². The quantitative estimate of drug-likeness (QED) is 0.843. The Morgan fingerprint density at radius 3 is 2.81 bits per heavy atom. The van der Waals surface area contributed by atoms with Gasteiger partial charge in [0, 0.05) is 31.3 Å². The maximum atomic E-state index is 4.22. The molecule has 16 heavy (non-hydrogen) atoms. The van der Waals surface area contributed by atoms with E-state index in [1.54, 1.807) is 18.6 Å². The topological polar surface area (TPSA) is 50.7 Å². The van der Waals surface area contributed by atoms with Gasteiger partial charge in [0.05, 0.1) is 5.69 Å². The highest BCUT2D eigenvalue weighted by molar-refractivity contribution is 5.38. The van der Waals surface area contributed by atoms with Crippen LogP contribution in [0.25, 0.3) is 0 Å². The molecular weight excluding hydrogens is 200 g/mol. The van der Waals surface area contributed by atoms with Gasteiger partial charge < -0.3 is 5.32 Å². The van der Waals surface area contributed by atoms with E-state index in [1.165, 1.54) is 5.56 Å². The zero-order chi connectivity index (χ0) is 11.2. The molecule has 4 heteroatoms. The fourth-order valence-electron chi connectivity index (χ4n) is 1.45. The number of hydrogen-bond donors (Lipinski definition) is 1. The number of pyridine rings is 1. The second-order valence-corrected chi connectivity index (χ2v) is 3.53. The molecule has 1 N–H and O–H groups in total. The van der Waals surface area contributed by atoms with Gasteiger partial charge in [0.15, 0.2) is 0 Å². The molecule has 0 bridgehead atoms. The first-order valence-electron chi connectivity index (χ1n) is 5.26. The second kappa shape index (κ2) is 5.21. The minimum absolute atomic E-state index is 0.839. The van der Waals surface area contributed by atoms with Gasteiger partial charge in [-0.2, -0.15) is 0 Å². The van der Waals surface area contributed by atoms with E-state index in [9.17, 15) is 0 Å². The van der Waals surface area contributed by atoms with Gasteiger partial charge in [0.1, 0.15) is 5.82 Å². The lowest BCUT2D eigenvalue weighted by atomic mass is 10.2. The number of hydrogen-bond acceptors (Lipinski definition) is 4. The first kappa shape index (κ1) is 10.5. The predicted octanol–water partition coefficient (Wildman–Crippen LogP) is 1.83. The number of nitrogens with one attached hydrogen (secondary N) is 1. The highest BCUT2D eigenvalue weighted by atomic mass is 15.0. The van der Waals surface area contributed by atoms with E-state index in [1.807, 2.05) is 19.2 Å². The smallest absolute Gasteiger partial charge is 0.147 e. The van der Waals surface area contributed by atoms with Gasteiger partial charge in [-0.15, -0.1) is 0 Å². The first-order chi connectivity index (χ1) is 7.86. The van der Waals surface area contributed by atoms with Gasteiger partial charge >= 0.3 is 0 Å². The molecule has 0 saturated carbocycles. The summed E-state index contributed by atoms with van der Waals surface area (Å²) in [5, 5.41) is 3.26. The van der Waals surface area contributed by atoms with Crippen LogP contribution in [0.3, 0.4) is 0 Å². The van der Waals surface area contributed by atoms with Crippen molar-refractivity contribution in [1.82, 2.24) is 15.0 Å². The molecule has 0 aliphatic heterocycles. The molecule has 4 nitrogen and oxygen atoms in total. The third-order valence-corrected chi connectivity index (χ3v) is 2.31. The molecule has 0 fully saturated rings. The molecule has 0 saturated heterocycles. The van der Waals surface area contributed by atoms with Crippen molar-refractivity contribution in [1.29, 1.82) is 0 Å². The highest BCUT2D eigenvalue weighted by Crippen LogP contribution is 2.06. The Morgan fingerprint density at radius 2 is 2.06 bits per heavy atom. The number of nitrogens with zero attached hydrogens (tertiary/aromatic N) is 3. The molecule has 0 unspecified atom stereocenters. The van der Waals surface area contributed by atoms with Crippen LogP contribution in [0.15, 0.2) is 36.9 Å². The molecule has 0 aromatic carbocycles. The monoisotopic (exact) mass is 214 g/mol. The van der Waals surface area contributed by atoms with Crippen molar-refractivity contribution in [3.05, 3.63) is 48.2 Å². The van der Waals surface area contributed by atoms with Crippen molar-refractivity contribution in [2.45, 2.75) is 13.3 Å². The molecule has 0 aliphatic rings. The number of rotatable bonds is 4. The highest BCUT2D eigenvalue weighted by Gasteiger charge is 1.98. The molecule has 2 rings (SSSR count). The molecule has 0 radical (unpaired) electrons. The number of anilines is 1. The molecule has 0 spiro atoms. The van der Waals surface area contributed by atoms with Crippen LogP contribution in [0.4, 0.5) is 5.82 Å². The van der Waals surface area contributed by atoms with Crippen LogP contribution >= 0.6 is 0 Å². The Kier molecular flexibility index (Phi) is 3.43. The van der Waals surface area contributed by atoms with Gasteiger partial charge in [0.25, 0.3) is 0 Å². The van der Waals surface area contributed by atoms with Crippen molar-refractivity contribution < 1.29 is 0 Å². The summed E-state index contributed by atoms with van der Waals surface area (Å²) in [6, 6.07) is 4.01. The van der Waals surface area contributed by atoms with Crippen molar-refractivity contribution in [3.63, 3.8) is 0 Å². The molecule has 82 valence electrons. The lowest BCUT2D eigenvalue weighted by Crippen LogP contribution is -2.08. The van der Waals surface area contributed by atoms with Crippen LogP contribution in [0.2, 0.25) is 0 Å². The fourth-order valence-corrected chi connectivity index (χ4v) is 1.45. The van der Waals surface area contributed by atoms with Gasteiger partial charge in [-0.05, 0) is 25.0 Å². The van der Waals surface area contributed by atoms with Crippen molar-refractivity contribution in [2.24, 2.45) is 0 Å². The van der Waals surface area contributed by atoms with Gasteiger partial charge in [-0.25, -0.2) is 4.98 Å². The van der Waals surface area contributed by atoms with Gasteiger partial charge in [-0.3, -0.25) is 9.97 Å². The van der Waals surface area contributed by atoms with E-state index in [0.717, 1.165) is 24.5 Å². The van der Waals surface area contributed by atoms with Crippen LogP contribution in [0.5, 0.6) is 0 Å². The van der Waals surface area contributed by atoms with E-state index in [4.69, 9.17) is 0 Å². The van der Waals surface area contributed by atoms with E-state index >= 15 is 0 Å². The lowest BCUT2D eigenvalue weighted by Gasteiger charge is -2.06. The standard InChI is InChI=1S/C12H14N4/c1-10-12(16-8-7-14-10)15-6-4-11-3-2-5-13-9-11/h2-3,5,7-9H,4,6H2,1H3,(H,15,16). The summed E-state index contributed by atoms with van der Waals surface area (Å²) in [6.07, 6.45) is 7.99. The SMILES string of the molecule is Cc1nccnc1NCCc1cccnc1. The summed E-state index contributed by atoms with van der Waals surface area (Å²) in [4.78, 5) is 12.5. The zero-order valence-electron chi connectivity index (χ0n) is 9.22. The number of aryl methyl sites for hydroxylation is 1. The lowest BCUT2D eigenvalue weighted by molar-refractivity contribution is 0.978. The Labute approximate surface area is 94.8 Å². The molecule has 0 amide bonds. The summed E-state index contributed by atoms with van der Waals surface area (Å²) >= 11 is 0. The Morgan fingerprint density at radius 1 is 1.19 bits per heavy atom. The van der Waals surface area contributed by atoms with Crippen LogP contribution in [0, 0.1) is 6.92 Å². The largest absolute Gasteiger partial charge is 0.368 e. The van der Waals surface area contributed by atoms with E-state index in [2.05, 4.69) is 26.3 Å².